The average molecular weight is 329 g/mol. The van der Waals surface area contributed by atoms with Gasteiger partial charge in [-0.2, -0.15) is 0 Å². The first kappa shape index (κ1) is 17.1. The lowest BCUT2D eigenvalue weighted by Crippen LogP contribution is -2.45. The van der Waals surface area contributed by atoms with Gasteiger partial charge in [0.05, 0.1) is 10.0 Å². The van der Waals surface area contributed by atoms with Gasteiger partial charge in [-0.1, -0.05) is 56.1 Å². The lowest BCUT2D eigenvalue weighted by molar-refractivity contribution is 0.108. The summed E-state index contributed by atoms with van der Waals surface area (Å²) in [6.07, 6.45) is 2.41. The second-order valence-corrected chi connectivity index (χ2v) is 7.94. The van der Waals surface area contributed by atoms with Crippen molar-refractivity contribution in [2.45, 2.75) is 46.2 Å². The number of piperidine rings is 1. The molecular weight excluding hydrogens is 303 g/mol. The van der Waals surface area contributed by atoms with Gasteiger partial charge in [0.1, 0.15) is 0 Å². The summed E-state index contributed by atoms with van der Waals surface area (Å²) < 4.78 is 0. The zero-order valence-corrected chi connectivity index (χ0v) is 14.8. The van der Waals surface area contributed by atoms with E-state index in [9.17, 15) is 0 Å². The van der Waals surface area contributed by atoms with E-state index in [-0.39, 0.29) is 5.41 Å². The van der Waals surface area contributed by atoms with E-state index in [1.54, 1.807) is 0 Å². The third-order valence-corrected chi connectivity index (χ3v) is 4.77. The molecule has 1 saturated heterocycles. The van der Waals surface area contributed by atoms with Crippen LogP contribution in [0.5, 0.6) is 0 Å². The Morgan fingerprint density at radius 1 is 1.19 bits per heavy atom. The van der Waals surface area contributed by atoms with Gasteiger partial charge in [0, 0.05) is 19.1 Å². The molecule has 0 aromatic heterocycles. The number of hydrogen-bond donors (Lipinski definition) is 1. The lowest BCUT2D eigenvalue weighted by atomic mass is 9.93. The van der Waals surface area contributed by atoms with Crippen molar-refractivity contribution in [1.82, 2.24) is 10.2 Å². The SMILES string of the molecule is CC(C)(C)CN(Cc1cccc(Cl)c1Cl)C1CCNCC1. The van der Waals surface area contributed by atoms with Gasteiger partial charge >= 0.3 is 0 Å². The van der Waals surface area contributed by atoms with E-state index in [2.05, 4.69) is 37.1 Å². The zero-order valence-electron chi connectivity index (χ0n) is 13.3. The summed E-state index contributed by atoms with van der Waals surface area (Å²) in [6.45, 7) is 11.0. The van der Waals surface area contributed by atoms with Crippen LogP contribution in [-0.2, 0) is 6.54 Å². The molecule has 0 amide bonds. The Labute approximate surface area is 138 Å². The van der Waals surface area contributed by atoms with E-state index in [0.29, 0.717) is 16.1 Å². The van der Waals surface area contributed by atoms with Gasteiger partial charge < -0.3 is 5.32 Å². The minimum absolute atomic E-state index is 0.274. The van der Waals surface area contributed by atoms with Gasteiger partial charge in [0.15, 0.2) is 0 Å². The Kier molecular flexibility index (Phi) is 5.96. The first-order chi connectivity index (χ1) is 9.87. The number of rotatable bonds is 4. The van der Waals surface area contributed by atoms with Crippen LogP contribution in [-0.4, -0.2) is 30.6 Å². The second-order valence-electron chi connectivity index (χ2n) is 7.16. The summed E-state index contributed by atoms with van der Waals surface area (Å²) in [5.41, 5.74) is 1.41. The van der Waals surface area contributed by atoms with Crippen LogP contribution in [0.3, 0.4) is 0 Å². The number of halogens is 2. The summed E-state index contributed by atoms with van der Waals surface area (Å²) in [4.78, 5) is 2.58. The van der Waals surface area contributed by atoms with Crippen molar-refractivity contribution in [3.05, 3.63) is 33.8 Å². The molecule has 0 radical (unpaired) electrons. The molecule has 118 valence electrons. The zero-order chi connectivity index (χ0) is 15.5. The molecule has 1 aliphatic rings. The summed E-state index contributed by atoms with van der Waals surface area (Å²) >= 11 is 12.5. The van der Waals surface area contributed by atoms with Gasteiger partial charge in [-0.15, -0.1) is 0 Å². The van der Waals surface area contributed by atoms with Crippen molar-refractivity contribution in [3.8, 4) is 0 Å². The minimum atomic E-state index is 0.274. The molecule has 21 heavy (non-hydrogen) atoms. The Balaban J connectivity index is 2.16. The maximum Gasteiger partial charge on any atom is 0.0637 e. The van der Waals surface area contributed by atoms with Crippen molar-refractivity contribution < 1.29 is 0 Å². The fourth-order valence-electron chi connectivity index (χ4n) is 2.98. The molecule has 1 heterocycles. The molecular formula is C17H26Cl2N2. The summed E-state index contributed by atoms with van der Waals surface area (Å²) in [7, 11) is 0. The highest BCUT2D eigenvalue weighted by molar-refractivity contribution is 6.42. The first-order valence-corrected chi connectivity index (χ1v) is 8.50. The fraction of sp³-hybridized carbons (Fsp3) is 0.647. The summed E-state index contributed by atoms with van der Waals surface area (Å²) in [5, 5.41) is 4.79. The summed E-state index contributed by atoms with van der Waals surface area (Å²) in [6, 6.07) is 6.55. The van der Waals surface area contributed by atoms with Crippen LogP contribution in [0.15, 0.2) is 18.2 Å². The molecule has 1 fully saturated rings. The Morgan fingerprint density at radius 3 is 2.48 bits per heavy atom. The van der Waals surface area contributed by atoms with Crippen LogP contribution >= 0.6 is 23.2 Å². The number of nitrogens with zero attached hydrogens (tertiary/aromatic N) is 1. The average Bonchev–Trinajstić information content (AvgIpc) is 2.42. The van der Waals surface area contributed by atoms with E-state index in [1.165, 1.54) is 12.8 Å². The molecule has 0 spiro atoms. The van der Waals surface area contributed by atoms with Gasteiger partial charge in [-0.05, 0) is 43.0 Å². The second kappa shape index (κ2) is 7.32. The van der Waals surface area contributed by atoms with Crippen LogP contribution in [0.25, 0.3) is 0 Å². The van der Waals surface area contributed by atoms with Crippen LogP contribution in [0, 0.1) is 5.41 Å². The quantitative estimate of drug-likeness (QED) is 0.869. The smallest absolute Gasteiger partial charge is 0.0637 e. The Morgan fingerprint density at radius 2 is 1.86 bits per heavy atom. The molecule has 1 aliphatic heterocycles. The highest BCUT2D eigenvalue weighted by Crippen LogP contribution is 2.29. The van der Waals surface area contributed by atoms with Crippen molar-refractivity contribution >= 4 is 23.2 Å². The standard InChI is InChI=1S/C17H26Cl2N2/c1-17(2,3)12-21(14-7-9-20-10-8-14)11-13-5-4-6-15(18)16(13)19/h4-6,14,20H,7-12H2,1-3H3. The van der Waals surface area contributed by atoms with Crippen molar-refractivity contribution in [1.29, 1.82) is 0 Å². The minimum Gasteiger partial charge on any atom is -0.317 e. The molecule has 2 nitrogen and oxygen atoms in total. The third kappa shape index (κ3) is 5.14. The van der Waals surface area contributed by atoms with Crippen molar-refractivity contribution in [2.75, 3.05) is 19.6 Å². The molecule has 4 heteroatoms. The van der Waals surface area contributed by atoms with Crippen LogP contribution in [0.4, 0.5) is 0 Å². The molecule has 2 rings (SSSR count). The third-order valence-electron chi connectivity index (χ3n) is 3.91. The Bertz CT molecular complexity index is 462. The van der Waals surface area contributed by atoms with Gasteiger partial charge in [0.25, 0.3) is 0 Å². The normalized spacial score (nSPS) is 17.4. The fourth-order valence-corrected chi connectivity index (χ4v) is 3.36. The van der Waals surface area contributed by atoms with E-state index in [4.69, 9.17) is 23.2 Å². The molecule has 0 unspecified atom stereocenters. The number of nitrogens with one attached hydrogen (secondary N) is 1. The predicted molar refractivity (Wildman–Crippen MR) is 92.2 cm³/mol. The van der Waals surface area contributed by atoms with E-state index in [0.717, 1.165) is 31.7 Å². The lowest BCUT2D eigenvalue weighted by Gasteiger charge is -2.38. The van der Waals surface area contributed by atoms with Gasteiger partial charge in [0.2, 0.25) is 0 Å². The first-order valence-electron chi connectivity index (χ1n) is 7.74. The monoisotopic (exact) mass is 328 g/mol. The molecule has 1 aromatic carbocycles. The maximum atomic E-state index is 6.38. The van der Waals surface area contributed by atoms with Crippen molar-refractivity contribution in [3.63, 3.8) is 0 Å². The van der Waals surface area contributed by atoms with E-state index < -0.39 is 0 Å². The van der Waals surface area contributed by atoms with Crippen molar-refractivity contribution in [2.24, 2.45) is 5.41 Å². The largest absolute Gasteiger partial charge is 0.317 e. The molecule has 1 N–H and O–H groups in total. The molecule has 1 aromatic rings. The topological polar surface area (TPSA) is 15.3 Å². The Hall–Kier alpha value is -0.280. The van der Waals surface area contributed by atoms with Gasteiger partial charge in [-0.3, -0.25) is 4.90 Å². The van der Waals surface area contributed by atoms with Crippen LogP contribution < -0.4 is 5.32 Å². The van der Waals surface area contributed by atoms with E-state index in [1.807, 2.05) is 12.1 Å². The number of hydrogen-bond acceptors (Lipinski definition) is 2. The highest BCUT2D eigenvalue weighted by atomic mass is 35.5. The molecule has 0 atom stereocenters. The summed E-state index contributed by atoms with van der Waals surface area (Å²) in [5.74, 6) is 0. The van der Waals surface area contributed by atoms with Crippen LogP contribution in [0.2, 0.25) is 10.0 Å². The van der Waals surface area contributed by atoms with Crippen LogP contribution in [0.1, 0.15) is 39.2 Å². The molecule has 0 bridgehead atoms. The molecule has 0 aliphatic carbocycles. The predicted octanol–water partition coefficient (Wildman–Crippen LogP) is 4.59. The highest BCUT2D eigenvalue weighted by Gasteiger charge is 2.26. The maximum absolute atomic E-state index is 6.38. The molecule has 0 saturated carbocycles. The number of benzene rings is 1. The van der Waals surface area contributed by atoms with E-state index >= 15 is 0 Å². The van der Waals surface area contributed by atoms with Gasteiger partial charge in [-0.25, -0.2) is 0 Å².